The number of nitrogens with one attached hydrogen (secondary N) is 1. The number of amides is 1. The molecular formula is C22H26N2O2. The molecule has 0 aliphatic rings. The number of hydrogen-bond acceptors (Lipinski definition) is 3. The zero-order valence-electron chi connectivity index (χ0n) is 15.8. The molecule has 2 aromatic rings. The number of hydrazone groups is 1. The summed E-state index contributed by atoms with van der Waals surface area (Å²) in [4.78, 5) is 12.1. The number of aryl methyl sites for hydroxylation is 1. The van der Waals surface area contributed by atoms with E-state index in [9.17, 15) is 4.79 Å². The monoisotopic (exact) mass is 350 g/mol. The topological polar surface area (TPSA) is 50.7 Å². The van der Waals surface area contributed by atoms with E-state index in [0.29, 0.717) is 5.92 Å². The van der Waals surface area contributed by atoms with Crippen molar-refractivity contribution >= 4 is 18.2 Å². The van der Waals surface area contributed by atoms with Crippen molar-refractivity contribution in [1.82, 2.24) is 5.43 Å². The second kappa shape index (κ2) is 9.56. The molecule has 1 atom stereocenters. The van der Waals surface area contributed by atoms with E-state index in [4.69, 9.17) is 4.74 Å². The van der Waals surface area contributed by atoms with E-state index in [2.05, 4.69) is 30.4 Å². The molecular weight excluding hydrogens is 324 g/mol. The zero-order valence-corrected chi connectivity index (χ0v) is 15.8. The van der Waals surface area contributed by atoms with Gasteiger partial charge < -0.3 is 4.74 Å². The van der Waals surface area contributed by atoms with Gasteiger partial charge in [0.2, 0.25) is 0 Å². The number of carbonyl (C=O) groups is 1. The van der Waals surface area contributed by atoms with E-state index in [1.54, 1.807) is 19.2 Å². The average Bonchev–Trinajstić information content (AvgIpc) is 2.63. The van der Waals surface area contributed by atoms with E-state index >= 15 is 0 Å². The van der Waals surface area contributed by atoms with E-state index < -0.39 is 6.10 Å². The first-order valence-corrected chi connectivity index (χ1v) is 8.79. The second-order valence-corrected chi connectivity index (χ2v) is 6.46. The van der Waals surface area contributed by atoms with Crippen molar-refractivity contribution in [1.29, 1.82) is 0 Å². The third kappa shape index (κ3) is 5.88. The Bertz CT molecular complexity index is 780. The van der Waals surface area contributed by atoms with Gasteiger partial charge in [0.05, 0.1) is 0 Å². The largest absolute Gasteiger partial charge is 0.481 e. The van der Waals surface area contributed by atoms with Crippen LogP contribution < -0.4 is 10.2 Å². The Labute approximate surface area is 155 Å². The third-order valence-corrected chi connectivity index (χ3v) is 3.98. The number of rotatable bonds is 7. The van der Waals surface area contributed by atoms with Crippen molar-refractivity contribution in [3.8, 4) is 5.75 Å². The van der Waals surface area contributed by atoms with Gasteiger partial charge >= 0.3 is 0 Å². The van der Waals surface area contributed by atoms with Crippen molar-refractivity contribution < 1.29 is 9.53 Å². The molecule has 0 aromatic heterocycles. The maximum atomic E-state index is 12.1. The van der Waals surface area contributed by atoms with Gasteiger partial charge in [-0.3, -0.25) is 4.79 Å². The van der Waals surface area contributed by atoms with Gasteiger partial charge in [-0.25, -0.2) is 5.43 Å². The SMILES string of the molecule is Cc1ccc(C(C)C)cc1OC(C)C(=O)NN=CC=Cc1ccccc1. The second-order valence-electron chi connectivity index (χ2n) is 6.46. The molecule has 1 unspecified atom stereocenters. The summed E-state index contributed by atoms with van der Waals surface area (Å²) in [6, 6.07) is 16.0. The summed E-state index contributed by atoms with van der Waals surface area (Å²) < 4.78 is 5.82. The molecule has 4 nitrogen and oxygen atoms in total. The van der Waals surface area contributed by atoms with Gasteiger partial charge in [-0.15, -0.1) is 0 Å². The van der Waals surface area contributed by atoms with E-state index in [-0.39, 0.29) is 5.91 Å². The summed E-state index contributed by atoms with van der Waals surface area (Å²) in [5.74, 6) is 0.846. The van der Waals surface area contributed by atoms with Crippen LogP contribution in [-0.4, -0.2) is 18.2 Å². The molecule has 0 fully saturated rings. The maximum absolute atomic E-state index is 12.1. The Morgan fingerprint density at radius 1 is 1.12 bits per heavy atom. The molecule has 136 valence electrons. The van der Waals surface area contributed by atoms with Crippen molar-refractivity contribution in [2.24, 2.45) is 5.10 Å². The van der Waals surface area contributed by atoms with Crippen LogP contribution >= 0.6 is 0 Å². The summed E-state index contributed by atoms with van der Waals surface area (Å²) in [7, 11) is 0. The number of ether oxygens (including phenoxy) is 1. The lowest BCUT2D eigenvalue weighted by Gasteiger charge is -2.16. The smallest absolute Gasteiger partial charge is 0.280 e. The van der Waals surface area contributed by atoms with Gasteiger partial charge in [-0.05, 0) is 48.6 Å². The van der Waals surface area contributed by atoms with Crippen LogP contribution in [0.2, 0.25) is 0 Å². The number of carbonyl (C=O) groups excluding carboxylic acids is 1. The molecule has 0 bridgehead atoms. The summed E-state index contributed by atoms with van der Waals surface area (Å²) >= 11 is 0. The average molecular weight is 350 g/mol. The molecule has 0 aliphatic carbocycles. The molecule has 0 aliphatic heterocycles. The lowest BCUT2D eigenvalue weighted by atomic mass is 10.0. The molecule has 1 N–H and O–H groups in total. The van der Waals surface area contributed by atoms with E-state index in [1.807, 2.05) is 55.5 Å². The van der Waals surface area contributed by atoms with Crippen LogP contribution in [-0.2, 0) is 4.79 Å². The highest BCUT2D eigenvalue weighted by Gasteiger charge is 2.15. The number of nitrogens with zero attached hydrogens (tertiary/aromatic N) is 1. The molecule has 1 amide bonds. The minimum atomic E-state index is -0.633. The summed E-state index contributed by atoms with van der Waals surface area (Å²) in [6.45, 7) is 7.94. The molecule has 0 spiro atoms. The zero-order chi connectivity index (χ0) is 18.9. The first-order valence-electron chi connectivity index (χ1n) is 8.79. The summed E-state index contributed by atoms with van der Waals surface area (Å²) in [6.07, 6.45) is 4.60. The lowest BCUT2D eigenvalue weighted by molar-refractivity contribution is -0.127. The van der Waals surface area contributed by atoms with Crippen LogP contribution in [0, 0.1) is 6.92 Å². The molecule has 0 saturated heterocycles. The molecule has 0 heterocycles. The minimum Gasteiger partial charge on any atom is -0.481 e. The first-order chi connectivity index (χ1) is 12.5. The lowest BCUT2D eigenvalue weighted by Crippen LogP contribution is -2.33. The molecule has 26 heavy (non-hydrogen) atoms. The number of benzene rings is 2. The predicted octanol–water partition coefficient (Wildman–Crippen LogP) is 4.70. The maximum Gasteiger partial charge on any atom is 0.280 e. The highest BCUT2D eigenvalue weighted by molar-refractivity contribution is 5.83. The Hall–Kier alpha value is -2.88. The van der Waals surface area contributed by atoms with Gasteiger partial charge in [0, 0.05) is 6.21 Å². The standard InChI is InChI=1S/C22H26N2O2/c1-16(2)20-13-12-17(3)21(15-20)26-18(4)22(25)24-23-14-8-11-19-9-6-5-7-10-19/h5-16,18H,1-4H3,(H,24,25). The number of hydrogen-bond donors (Lipinski definition) is 1. The fourth-order valence-corrected chi connectivity index (χ4v) is 2.30. The Kier molecular flexibility index (Phi) is 7.15. The Morgan fingerprint density at radius 2 is 1.85 bits per heavy atom. The molecule has 2 aromatic carbocycles. The Morgan fingerprint density at radius 3 is 2.54 bits per heavy atom. The molecule has 2 rings (SSSR count). The molecule has 4 heteroatoms. The Balaban J connectivity index is 1.88. The van der Waals surface area contributed by atoms with Crippen LogP contribution in [0.25, 0.3) is 6.08 Å². The third-order valence-electron chi connectivity index (χ3n) is 3.98. The van der Waals surface area contributed by atoms with Gasteiger partial charge in [0.25, 0.3) is 5.91 Å². The molecule has 0 saturated carbocycles. The predicted molar refractivity (Wildman–Crippen MR) is 107 cm³/mol. The van der Waals surface area contributed by atoms with Crippen molar-refractivity contribution in [3.63, 3.8) is 0 Å². The van der Waals surface area contributed by atoms with Crippen molar-refractivity contribution in [2.75, 3.05) is 0 Å². The first kappa shape index (κ1) is 19.4. The van der Waals surface area contributed by atoms with Crippen molar-refractivity contribution in [3.05, 3.63) is 71.3 Å². The van der Waals surface area contributed by atoms with E-state index in [1.165, 1.54) is 5.56 Å². The summed E-state index contributed by atoms with van der Waals surface area (Å²) in [5.41, 5.74) is 5.76. The van der Waals surface area contributed by atoms with Crippen LogP contribution in [0.4, 0.5) is 0 Å². The van der Waals surface area contributed by atoms with Gasteiger partial charge in [0.1, 0.15) is 5.75 Å². The van der Waals surface area contributed by atoms with Crippen molar-refractivity contribution in [2.45, 2.75) is 39.7 Å². The minimum absolute atomic E-state index is 0.288. The van der Waals surface area contributed by atoms with E-state index in [0.717, 1.165) is 16.9 Å². The van der Waals surface area contributed by atoms with Crippen LogP contribution in [0.1, 0.15) is 43.4 Å². The van der Waals surface area contributed by atoms with Gasteiger partial charge in [-0.1, -0.05) is 62.4 Å². The normalized spacial score (nSPS) is 12.7. The quantitative estimate of drug-likeness (QED) is 0.581. The van der Waals surface area contributed by atoms with Gasteiger partial charge in [-0.2, -0.15) is 5.10 Å². The highest BCUT2D eigenvalue weighted by Crippen LogP contribution is 2.25. The van der Waals surface area contributed by atoms with Crippen LogP contribution in [0.5, 0.6) is 5.75 Å². The highest BCUT2D eigenvalue weighted by atomic mass is 16.5. The molecule has 0 radical (unpaired) electrons. The fraction of sp³-hybridized carbons (Fsp3) is 0.273. The fourth-order valence-electron chi connectivity index (χ4n) is 2.30. The van der Waals surface area contributed by atoms with Crippen LogP contribution in [0.3, 0.4) is 0 Å². The van der Waals surface area contributed by atoms with Crippen LogP contribution in [0.15, 0.2) is 59.7 Å². The number of allylic oxidation sites excluding steroid dienone is 1. The summed E-state index contributed by atoms with van der Waals surface area (Å²) in [5, 5.41) is 3.93. The van der Waals surface area contributed by atoms with Gasteiger partial charge in [0.15, 0.2) is 6.10 Å².